The molecule has 7 heteroatoms. The van der Waals surface area contributed by atoms with E-state index in [1.54, 1.807) is 87.0 Å². The maximum Gasteiger partial charge on any atom is 0.310 e. The number of rotatable bonds is 10. The molecule has 1 amide bonds. The van der Waals surface area contributed by atoms with E-state index in [0.29, 0.717) is 28.5 Å². The molecule has 0 aliphatic rings. The Balaban J connectivity index is 1.62. The summed E-state index contributed by atoms with van der Waals surface area (Å²) in [7, 11) is 3.13. The smallest absolute Gasteiger partial charge is 0.310 e. The minimum absolute atomic E-state index is 0.0121. The predicted octanol–water partition coefficient (Wildman–Crippen LogP) is 4.40. The second-order valence-electron chi connectivity index (χ2n) is 6.78. The largest absolute Gasteiger partial charge is 0.497 e. The molecule has 166 valence electrons. The van der Waals surface area contributed by atoms with E-state index in [2.05, 4.69) is 5.32 Å². The highest BCUT2D eigenvalue weighted by molar-refractivity contribution is 5.96. The quantitative estimate of drug-likeness (QED) is 0.476. The first-order valence-electron chi connectivity index (χ1n) is 10.0. The second-order valence-corrected chi connectivity index (χ2v) is 6.78. The van der Waals surface area contributed by atoms with Crippen LogP contribution in [-0.2, 0) is 14.3 Å². The van der Waals surface area contributed by atoms with Gasteiger partial charge in [0.2, 0.25) is 6.10 Å². The highest BCUT2D eigenvalue weighted by Crippen LogP contribution is 2.23. The normalized spacial score (nSPS) is 11.2. The van der Waals surface area contributed by atoms with E-state index in [1.165, 1.54) is 0 Å². The molecule has 3 aromatic carbocycles. The van der Waals surface area contributed by atoms with Crippen molar-refractivity contribution in [3.63, 3.8) is 0 Å². The van der Waals surface area contributed by atoms with Crippen LogP contribution in [0.25, 0.3) is 0 Å². The van der Waals surface area contributed by atoms with Crippen LogP contribution in [0.15, 0.2) is 78.9 Å². The third kappa shape index (κ3) is 6.50. The van der Waals surface area contributed by atoms with E-state index in [9.17, 15) is 9.59 Å². The Morgan fingerprint density at radius 3 is 2.19 bits per heavy atom. The zero-order valence-electron chi connectivity index (χ0n) is 17.9. The molecule has 7 nitrogen and oxygen atoms in total. The van der Waals surface area contributed by atoms with Crippen molar-refractivity contribution in [1.82, 2.24) is 0 Å². The Bertz CT molecular complexity index is 1020. The van der Waals surface area contributed by atoms with Crippen molar-refractivity contribution < 1.29 is 28.5 Å². The van der Waals surface area contributed by atoms with Crippen molar-refractivity contribution in [3.8, 4) is 17.2 Å². The van der Waals surface area contributed by atoms with Gasteiger partial charge >= 0.3 is 5.97 Å². The summed E-state index contributed by atoms with van der Waals surface area (Å²) < 4.78 is 21.4. The average molecular weight is 435 g/mol. The van der Waals surface area contributed by atoms with Crippen LogP contribution in [0.2, 0.25) is 0 Å². The van der Waals surface area contributed by atoms with Crippen molar-refractivity contribution in [2.75, 3.05) is 26.1 Å². The van der Waals surface area contributed by atoms with Crippen molar-refractivity contribution in [1.29, 1.82) is 0 Å². The fourth-order valence-electron chi connectivity index (χ4n) is 2.92. The molecule has 0 fully saturated rings. The Labute approximate surface area is 186 Å². The highest BCUT2D eigenvalue weighted by atomic mass is 16.6. The van der Waals surface area contributed by atoms with E-state index in [0.717, 1.165) is 0 Å². The van der Waals surface area contributed by atoms with Gasteiger partial charge < -0.3 is 24.3 Å². The van der Waals surface area contributed by atoms with Gasteiger partial charge in [0.1, 0.15) is 17.2 Å². The molecule has 1 N–H and O–H groups in total. The first-order chi connectivity index (χ1) is 15.6. The van der Waals surface area contributed by atoms with Gasteiger partial charge in [-0.1, -0.05) is 36.4 Å². The third-order valence-corrected chi connectivity index (χ3v) is 4.56. The van der Waals surface area contributed by atoms with Gasteiger partial charge in [-0.05, 0) is 36.4 Å². The summed E-state index contributed by atoms with van der Waals surface area (Å²) in [6.07, 6.45) is -1.11. The van der Waals surface area contributed by atoms with E-state index < -0.39 is 18.0 Å². The lowest BCUT2D eigenvalue weighted by atomic mass is 10.1. The molecular weight excluding hydrogens is 410 g/mol. The number of carbonyl (C=O) groups excluding carboxylic acids is 2. The summed E-state index contributed by atoms with van der Waals surface area (Å²) in [5, 5.41) is 2.77. The lowest BCUT2D eigenvalue weighted by Crippen LogP contribution is -2.26. The van der Waals surface area contributed by atoms with E-state index in [1.807, 2.05) is 6.07 Å². The molecule has 32 heavy (non-hydrogen) atoms. The lowest BCUT2D eigenvalue weighted by Gasteiger charge is -2.18. The summed E-state index contributed by atoms with van der Waals surface area (Å²) in [5.74, 6) is 0.909. The van der Waals surface area contributed by atoms with Gasteiger partial charge in [0.25, 0.3) is 5.91 Å². The zero-order valence-corrected chi connectivity index (χ0v) is 17.9. The maximum absolute atomic E-state index is 12.9. The molecule has 0 bridgehead atoms. The Morgan fingerprint density at radius 1 is 0.812 bits per heavy atom. The summed E-state index contributed by atoms with van der Waals surface area (Å²) in [6.45, 7) is 0.115. The minimum Gasteiger partial charge on any atom is -0.497 e. The van der Waals surface area contributed by atoms with Crippen molar-refractivity contribution in [3.05, 3.63) is 84.4 Å². The highest BCUT2D eigenvalue weighted by Gasteiger charge is 2.25. The number of hydrogen-bond acceptors (Lipinski definition) is 6. The van der Waals surface area contributed by atoms with Crippen LogP contribution < -0.4 is 19.5 Å². The fourth-order valence-corrected chi connectivity index (χ4v) is 2.92. The number of benzene rings is 3. The molecule has 1 unspecified atom stereocenters. The first kappa shape index (κ1) is 22.7. The molecule has 0 aliphatic carbocycles. The van der Waals surface area contributed by atoms with Crippen LogP contribution in [0.1, 0.15) is 18.1 Å². The van der Waals surface area contributed by atoms with Crippen LogP contribution >= 0.6 is 0 Å². The molecule has 0 spiro atoms. The Kier molecular flexibility index (Phi) is 8.09. The molecular formula is C25H25NO6. The zero-order chi connectivity index (χ0) is 22.8. The predicted molar refractivity (Wildman–Crippen MR) is 120 cm³/mol. The molecule has 0 heterocycles. The number of esters is 1. The summed E-state index contributed by atoms with van der Waals surface area (Å²) in [5.41, 5.74) is 1.10. The lowest BCUT2D eigenvalue weighted by molar-refractivity contribution is -0.155. The minimum atomic E-state index is -1.10. The molecule has 0 saturated carbocycles. The monoisotopic (exact) mass is 435 g/mol. The molecule has 0 radical (unpaired) electrons. The average Bonchev–Trinajstić information content (AvgIpc) is 2.83. The van der Waals surface area contributed by atoms with E-state index >= 15 is 0 Å². The second kappa shape index (κ2) is 11.4. The Hall–Kier alpha value is -4.00. The van der Waals surface area contributed by atoms with Crippen LogP contribution in [-0.4, -0.2) is 32.7 Å². The van der Waals surface area contributed by atoms with Gasteiger partial charge in [-0.25, -0.2) is 0 Å². The van der Waals surface area contributed by atoms with Gasteiger partial charge in [-0.2, -0.15) is 0 Å². The molecule has 3 aromatic rings. The number of carbonyl (C=O) groups is 2. The summed E-state index contributed by atoms with van der Waals surface area (Å²) in [6, 6.07) is 22.8. The molecule has 0 aliphatic heterocycles. The number of nitrogens with one attached hydrogen (secondary N) is 1. The van der Waals surface area contributed by atoms with Crippen LogP contribution in [0.4, 0.5) is 5.69 Å². The number of hydrogen-bond donors (Lipinski definition) is 1. The fraction of sp³-hybridized carbons (Fsp3) is 0.200. The standard InChI is InChI=1S/C25H25NO6/c1-29-20-11-13-21(14-12-20)31-16-15-23(27)32-24(18-7-4-3-5-8-18)25(28)26-19-9-6-10-22(17-19)30-2/h3-14,17,24H,15-16H2,1-2H3,(H,26,28). The first-order valence-corrected chi connectivity index (χ1v) is 10.0. The molecule has 1 atom stereocenters. The topological polar surface area (TPSA) is 83.1 Å². The van der Waals surface area contributed by atoms with Crippen molar-refractivity contribution >= 4 is 17.6 Å². The number of methoxy groups -OCH3 is 2. The van der Waals surface area contributed by atoms with Gasteiger partial charge in [0.05, 0.1) is 27.2 Å². The SMILES string of the molecule is COc1ccc(OCCC(=O)OC(C(=O)Nc2cccc(OC)c2)c2ccccc2)cc1. The maximum atomic E-state index is 12.9. The summed E-state index contributed by atoms with van der Waals surface area (Å²) in [4.78, 5) is 25.4. The van der Waals surface area contributed by atoms with Crippen LogP contribution in [0.5, 0.6) is 17.2 Å². The van der Waals surface area contributed by atoms with Crippen LogP contribution in [0, 0.1) is 0 Å². The molecule has 0 saturated heterocycles. The number of anilines is 1. The number of amides is 1. The summed E-state index contributed by atoms with van der Waals surface area (Å²) >= 11 is 0. The Morgan fingerprint density at radius 2 is 1.50 bits per heavy atom. The number of ether oxygens (including phenoxy) is 4. The van der Waals surface area contributed by atoms with Crippen molar-refractivity contribution in [2.24, 2.45) is 0 Å². The van der Waals surface area contributed by atoms with E-state index in [-0.39, 0.29) is 13.0 Å². The van der Waals surface area contributed by atoms with Crippen LogP contribution in [0.3, 0.4) is 0 Å². The van der Waals surface area contributed by atoms with E-state index in [4.69, 9.17) is 18.9 Å². The van der Waals surface area contributed by atoms with Gasteiger partial charge in [-0.3, -0.25) is 9.59 Å². The van der Waals surface area contributed by atoms with Crippen molar-refractivity contribution in [2.45, 2.75) is 12.5 Å². The van der Waals surface area contributed by atoms with Gasteiger partial charge in [-0.15, -0.1) is 0 Å². The molecule has 3 rings (SSSR count). The van der Waals surface area contributed by atoms with Gasteiger partial charge in [0.15, 0.2) is 0 Å². The third-order valence-electron chi connectivity index (χ3n) is 4.56. The van der Waals surface area contributed by atoms with Gasteiger partial charge in [0, 0.05) is 17.3 Å². The molecule has 0 aromatic heterocycles.